The highest BCUT2D eigenvalue weighted by molar-refractivity contribution is 6.74. The molecular formula is C37H44O4Si. The van der Waals surface area contributed by atoms with E-state index in [0.29, 0.717) is 6.61 Å². The maximum absolute atomic E-state index is 7.08. The van der Waals surface area contributed by atoms with E-state index in [-0.39, 0.29) is 11.1 Å². The molecular weight excluding hydrogens is 536 g/mol. The van der Waals surface area contributed by atoms with Crippen molar-refractivity contribution in [1.82, 2.24) is 0 Å². The van der Waals surface area contributed by atoms with Gasteiger partial charge in [-0.3, -0.25) is 0 Å². The highest BCUT2D eigenvalue weighted by Crippen LogP contribution is 2.44. The van der Waals surface area contributed by atoms with Crippen LogP contribution < -0.4 is 4.43 Å². The zero-order valence-electron chi connectivity index (χ0n) is 26.0. The van der Waals surface area contributed by atoms with Gasteiger partial charge >= 0.3 is 0 Å². The first-order valence-electron chi connectivity index (χ1n) is 14.9. The molecule has 0 aliphatic carbocycles. The van der Waals surface area contributed by atoms with E-state index >= 15 is 0 Å². The Bertz CT molecular complexity index is 1330. The van der Waals surface area contributed by atoms with E-state index in [2.05, 4.69) is 133 Å². The smallest absolute Gasteiger partial charge is 0.250 e. The van der Waals surface area contributed by atoms with Crippen molar-refractivity contribution >= 4 is 8.32 Å². The Labute approximate surface area is 252 Å². The molecule has 0 bridgehead atoms. The number of benzene rings is 4. The van der Waals surface area contributed by atoms with Gasteiger partial charge in [-0.25, -0.2) is 0 Å². The molecule has 4 aromatic carbocycles. The molecule has 0 saturated carbocycles. The maximum atomic E-state index is 7.08. The molecule has 42 heavy (non-hydrogen) atoms. The van der Waals surface area contributed by atoms with Crippen LogP contribution >= 0.6 is 0 Å². The molecule has 4 aromatic rings. The predicted molar refractivity (Wildman–Crippen MR) is 172 cm³/mol. The van der Waals surface area contributed by atoms with Crippen molar-refractivity contribution in [2.24, 2.45) is 0 Å². The summed E-state index contributed by atoms with van der Waals surface area (Å²) in [6.45, 7) is 15.8. The minimum Gasteiger partial charge on any atom is -0.544 e. The molecule has 1 aliphatic heterocycles. The summed E-state index contributed by atoms with van der Waals surface area (Å²) in [6.07, 6.45) is -0.781. The van der Waals surface area contributed by atoms with Crippen LogP contribution in [0.3, 0.4) is 0 Å². The highest BCUT2D eigenvalue weighted by Gasteiger charge is 2.46. The monoisotopic (exact) mass is 580 g/mol. The normalized spacial score (nSPS) is 19.0. The standard InChI is InChI=1S/C37H44O4Si/c1-35(2,3)42(6,7)41-32-25-23-28(24-26-32)34-39-33(36(4,5)40-34)27-38-37(29-17-11-8-12-18-29,30-19-13-9-14-20-30)31-21-15-10-16-22-31/h8-26,33-34H,27H2,1-7H3. The molecule has 2 unspecified atom stereocenters. The van der Waals surface area contributed by atoms with Crippen LogP contribution in [0.25, 0.3) is 0 Å². The summed E-state index contributed by atoms with van der Waals surface area (Å²) < 4.78 is 26.6. The molecule has 0 spiro atoms. The lowest BCUT2D eigenvalue weighted by atomic mass is 9.80. The number of hydrogen-bond acceptors (Lipinski definition) is 4. The van der Waals surface area contributed by atoms with Crippen molar-refractivity contribution in [2.45, 2.75) is 76.3 Å². The first kappa shape index (κ1) is 30.2. The second kappa shape index (κ2) is 11.8. The van der Waals surface area contributed by atoms with Crippen molar-refractivity contribution in [3.63, 3.8) is 0 Å². The lowest BCUT2D eigenvalue weighted by Gasteiger charge is -2.37. The summed E-state index contributed by atoms with van der Waals surface area (Å²) >= 11 is 0. The molecule has 5 rings (SSSR count). The van der Waals surface area contributed by atoms with Crippen molar-refractivity contribution < 1.29 is 18.6 Å². The summed E-state index contributed by atoms with van der Waals surface area (Å²) in [5.74, 6) is 0.890. The molecule has 0 radical (unpaired) electrons. The lowest BCUT2D eigenvalue weighted by Crippen LogP contribution is -2.43. The Kier molecular flexibility index (Phi) is 8.50. The van der Waals surface area contributed by atoms with E-state index in [9.17, 15) is 0 Å². The van der Waals surface area contributed by atoms with Gasteiger partial charge in [-0.2, -0.15) is 0 Å². The fraction of sp³-hybridized carbons (Fsp3) is 0.351. The van der Waals surface area contributed by atoms with Crippen molar-refractivity contribution in [3.05, 3.63) is 138 Å². The van der Waals surface area contributed by atoms with Gasteiger partial charge in [-0.05, 0) is 60.8 Å². The molecule has 4 nitrogen and oxygen atoms in total. The molecule has 5 heteroatoms. The van der Waals surface area contributed by atoms with Crippen LogP contribution in [0.2, 0.25) is 18.1 Å². The van der Waals surface area contributed by atoms with Crippen LogP contribution in [0.15, 0.2) is 115 Å². The van der Waals surface area contributed by atoms with Crippen molar-refractivity contribution in [1.29, 1.82) is 0 Å². The van der Waals surface area contributed by atoms with E-state index in [1.54, 1.807) is 0 Å². The van der Waals surface area contributed by atoms with Gasteiger partial charge in [-0.15, -0.1) is 0 Å². The number of hydrogen-bond donors (Lipinski definition) is 0. The second-order valence-electron chi connectivity index (χ2n) is 13.2. The van der Waals surface area contributed by atoms with Crippen LogP contribution in [-0.2, 0) is 19.8 Å². The fourth-order valence-electron chi connectivity index (χ4n) is 5.19. The SMILES string of the molecule is CC1(C)OC(c2ccc(O[Si](C)(C)C(C)(C)C)cc2)OC1COC(c1ccccc1)(c1ccccc1)c1ccccc1. The summed E-state index contributed by atoms with van der Waals surface area (Å²) in [5.41, 5.74) is 2.78. The van der Waals surface area contributed by atoms with Crippen molar-refractivity contribution in [2.75, 3.05) is 6.61 Å². The molecule has 0 amide bonds. The van der Waals surface area contributed by atoms with E-state index in [1.165, 1.54) is 0 Å². The summed E-state index contributed by atoms with van der Waals surface area (Å²) in [7, 11) is -1.92. The Morgan fingerprint density at radius 2 is 1.14 bits per heavy atom. The largest absolute Gasteiger partial charge is 0.544 e. The molecule has 1 fully saturated rings. The second-order valence-corrected chi connectivity index (χ2v) is 17.9. The predicted octanol–water partition coefficient (Wildman–Crippen LogP) is 9.27. The fourth-order valence-corrected chi connectivity index (χ4v) is 6.22. The highest BCUT2D eigenvalue weighted by atomic mass is 28.4. The Morgan fingerprint density at radius 3 is 1.57 bits per heavy atom. The average molecular weight is 581 g/mol. The summed E-state index contributed by atoms with van der Waals surface area (Å²) in [6, 6.07) is 39.4. The van der Waals surface area contributed by atoms with Crippen LogP contribution in [-0.4, -0.2) is 26.6 Å². The van der Waals surface area contributed by atoms with Crippen LogP contribution in [0.1, 0.15) is 63.2 Å². The minimum absolute atomic E-state index is 0.134. The van der Waals surface area contributed by atoms with Crippen molar-refractivity contribution in [3.8, 4) is 5.75 Å². The van der Waals surface area contributed by atoms with Gasteiger partial charge in [0.15, 0.2) is 6.29 Å². The minimum atomic E-state index is -1.92. The van der Waals surface area contributed by atoms with E-state index in [0.717, 1.165) is 28.0 Å². The number of rotatable bonds is 9. The van der Waals surface area contributed by atoms with Gasteiger partial charge in [0, 0.05) is 5.56 Å². The molecule has 1 aliphatic rings. The molecule has 1 heterocycles. The quantitative estimate of drug-likeness (QED) is 0.146. The van der Waals surface area contributed by atoms with Gasteiger partial charge in [0.25, 0.3) is 0 Å². The van der Waals surface area contributed by atoms with Gasteiger partial charge < -0.3 is 18.6 Å². The van der Waals surface area contributed by atoms with E-state index in [4.69, 9.17) is 18.6 Å². The third kappa shape index (κ3) is 6.11. The topological polar surface area (TPSA) is 36.9 Å². The summed E-state index contributed by atoms with van der Waals surface area (Å²) in [4.78, 5) is 0. The zero-order valence-corrected chi connectivity index (χ0v) is 27.0. The molecule has 2 atom stereocenters. The molecule has 220 valence electrons. The zero-order chi connectivity index (χ0) is 30.0. The van der Waals surface area contributed by atoms with Gasteiger partial charge in [-0.1, -0.05) is 124 Å². The summed E-state index contributed by atoms with van der Waals surface area (Å²) in [5, 5.41) is 0.134. The van der Waals surface area contributed by atoms with E-state index < -0.39 is 25.8 Å². The Morgan fingerprint density at radius 1 is 0.690 bits per heavy atom. The van der Waals surface area contributed by atoms with Crippen LogP contribution in [0.5, 0.6) is 5.75 Å². The van der Waals surface area contributed by atoms with Crippen LogP contribution in [0, 0.1) is 0 Å². The molecule has 0 N–H and O–H groups in total. The third-order valence-electron chi connectivity index (χ3n) is 8.80. The lowest BCUT2D eigenvalue weighted by molar-refractivity contribution is -0.0930. The molecule has 1 saturated heterocycles. The average Bonchev–Trinajstić information content (AvgIpc) is 3.28. The third-order valence-corrected chi connectivity index (χ3v) is 13.2. The maximum Gasteiger partial charge on any atom is 0.250 e. The number of ether oxygens (including phenoxy) is 3. The Hall–Kier alpha value is -3.22. The van der Waals surface area contributed by atoms with Crippen LogP contribution in [0.4, 0.5) is 0 Å². The Balaban J connectivity index is 1.40. The van der Waals surface area contributed by atoms with Gasteiger partial charge in [0.1, 0.15) is 17.5 Å². The van der Waals surface area contributed by atoms with Gasteiger partial charge in [0.2, 0.25) is 8.32 Å². The first-order chi connectivity index (χ1) is 19.9. The van der Waals surface area contributed by atoms with E-state index in [1.807, 2.05) is 30.3 Å². The van der Waals surface area contributed by atoms with Gasteiger partial charge in [0.05, 0.1) is 12.2 Å². The molecule has 0 aromatic heterocycles. The first-order valence-corrected chi connectivity index (χ1v) is 17.8.